The van der Waals surface area contributed by atoms with Crippen molar-refractivity contribution in [1.82, 2.24) is 5.32 Å². The van der Waals surface area contributed by atoms with E-state index < -0.39 is 0 Å². The minimum absolute atomic E-state index is 0.00926. The van der Waals surface area contributed by atoms with Gasteiger partial charge in [-0.1, -0.05) is 0 Å². The molecule has 1 fully saturated rings. The Morgan fingerprint density at radius 3 is 2.62 bits per heavy atom. The molecular formula is C5H11NO2. The summed E-state index contributed by atoms with van der Waals surface area (Å²) >= 11 is 0. The van der Waals surface area contributed by atoms with Crippen LogP contribution in [0.15, 0.2) is 0 Å². The first kappa shape index (κ1) is 6.01. The molecule has 0 aromatic carbocycles. The van der Waals surface area contributed by atoms with E-state index in [1.54, 1.807) is 7.11 Å². The third-order valence-electron chi connectivity index (χ3n) is 1.43. The third-order valence-corrected chi connectivity index (χ3v) is 1.43. The normalized spacial score (nSPS) is 38.2. The zero-order chi connectivity index (χ0) is 5.98. The summed E-state index contributed by atoms with van der Waals surface area (Å²) in [6.45, 7) is 1.44. The minimum atomic E-state index is -0.306. The molecular weight excluding hydrogens is 106 g/mol. The fourth-order valence-electron chi connectivity index (χ4n) is 0.881. The first-order chi connectivity index (χ1) is 3.84. The van der Waals surface area contributed by atoms with Crippen LogP contribution in [0.1, 0.15) is 0 Å². The Morgan fingerprint density at radius 1 is 1.62 bits per heavy atom. The van der Waals surface area contributed by atoms with E-state index in [1.165, 1.54) is 0 Å². The van der Waals surface area contributed by atoms with Gasteiger partial charge in [0, 0.05) is 20.2 Å². The number of nitrogens with one attached hydrogen (secondary N) is 1. The highest BCUT2D eigenvalue weighted by atomic mass is 16.5. The number of ether oxygens (including phenoxy) is 1. The maximum absolute atomic E-state index is 9.00. The van der Waals surface area contributed by atoms with Crippen molar-refractivity contribution in [3.63, 3.8) is 0 Å². The highest BCUT2D eigenvalue weighted by molar-refractivity contribution is 4.80. The van der Waals surface area contributed by atoms with Gasteiger partial charge in [0.25, 0.3) is 0 Å². The number of rotatable bonds is 1. The Labute approximate surface area is 48.7 Å². The molecule has 1 aliphatic heterocycles. The van der Waals surface area contributed by atoms with Crippen LogP contribution in [-0.2, 0) is 4.74 Å². The quantitative estimate of drug-likeness (QED) is 0.461. The lowest BCUT2D eigenvalue weighted by Crippen LogP contribution is -2.25. The molecule has 8 heavy (non-hydrogen) atoms. The molecule has 1 saturated heterocycles. The van der Waals surface area contributed by atoms with E-state index in [0.29, 0.717) is 6.54 Å². The summed E-state index contributed by atoms with van der Waals surface area (Å²) in [6, 6.07) is 0. The minimum Gasteiger partial charge on any atom is -0.389 e. The molecule has 0 amide bonds. The Morgan fingerprint density at radius 2 is 2.38 bits per heavy atom. The number of methoxy groups -OCH3 is 1. The molecule has 2 atom stereocenters. The van der Waals surface area contributed by atoms with E-state index in [4.69, 9.17) is 9.84 Å². The first-order valence-corrected chi connectivity index (χ1v) is 2.76. The summed E-state index contributed by atoms with van der Waals surface area (Å²) < 4.78 is 4.91. The van der Waals surface area contributed by atoms with Gasteiger partial charge in [0.1, 0.15) is 0 Å². The molecule has 0 aromatic heterocycles. The van der Waals surface area contributed by atoms with Gasteiger partial charge in [-0.25, -0.2) is 0 Å². The second kappa shape index (κ2) is 2.44. The van der Waals surface area contributed by atoms with Gasteiger partial charge in [-0.3, -0.25) is 0 Å². The topological polar surface area (TPSA) is 41.5 Å². The Bertz CT molecular complexity index is 76.8. The highest BCUT2D eigenvalue weighted by Crippen LogP contribution is 2.01. The van der Waals surface area contributed by atoms with Gasteiger partial charge in [0.05, 0.1) is 12.2 Å². The van der Waals surface area contributed by atoms with Crippen molar-refractivity contribution in [2.75, 3.05) is 20.2 Å². The van der Waals surface area contributed by atoms with Gasteiger partial charge in [-0.15, -0.1) is 0 Å². The van der Waals surface area contributed by atoms with Crippen LogP contribution in [0, 0.1) is 0 Å². The predicted octanol–water partition coefficient (Wildman–Crippen LogP) is -1.03. The van der Waals surface area contributed by atoms with Crippen molar-refractivity contribution >= 4 is 0 Å². The molecule has 0 aromatic rings. The lowest BCUT2D eigenvalue weighted by atomic mass is 10.3. The zero-order valence-corrected chi connectivity index (χ0v) is 4.92. The molecule has 0 spiro atoms. The molecule has 1 heterocycles. The zero-order valence-electron chi connectivity index (χ0n) is 4.92. The molecule has 0 aliphatic carbocycles. The van der Waals surface area contributed by atoms with Crippen LogP contribution in [0.3, 0.4) is 0 Å². The number of aliphatic hydroxyl groups excluding tert-OH is 1. The second-order valence-electron chi connectivity index (χ2n) is 2.00. The number of β-amino-alcohol motifs (C(OH)–C–C–N with tert-alkyl or cyclic N) is 1. The van der Waals surface area contributed by atoms with Crippen LogP contribution >= 0.6 is 0 Å². The predicted molar refractivity (Wildman–Crippen MR) is 29.7 cm³/mol. The van der Waals surface area contributed by atoms with Gasteiger partial charge < -0.3 is 15.2 Å². The van der Waals surface area contributed by atoms with Crippen molar-refractivity contribution in [3.05, 3.63) is 0 Å². The van der Waals surface area contributed by atoms with Crippen LogP contribution < -0.4 is 5.32 Å². The maximum Gasteiger partial charge on any atom is 0.0966 e. The molecule has 0 bridgehead atoms. The molecule has 3 nitrogen and oxygen atoms in total. The van der Waals surface area contributed by atoms with Gasteiger partial charge in [0.15, 0.2) is 0 Å². The van der Waals surface area contributed by atoms with Crippen LogP contribution in [-0.4, -0.2) is 37.5 Å². The van der Waals surface area contributed by atoms with Crippen molar-refractivity contribution in [2.24, 2.45) is 0 Å². The Balaban J connectivity index is 2.30. The molecule has 3 heteroatoms. The fraction of sp³-hybridized carbons (Fsp3) is 1.00. The van der Waals surface area contributed by atoms with E-state index in [2.05, 4.69) is 5.32 Å². The number of hydrogen-bond donors (Lipinski definition) is 2. The average molecular weight is 117 g/mol. The SMILES string of the molecule is CO[C@H]1CNC[C@H]1O. The summed E-state index contributed by atoms with van der Waals surface area (Å²) in [5, 5.41) is 12.0. The third kappa shape index (κ3) is 0.992. The number of aliphatic hydroxyl groups is 1. The summed E-state index contributed by atoms with van der Waals surface area (Å²) in [5.41, 5.74) is 0. The Kier molecular flexibility index (Phi) is 1.83. The van der Waals surface area contributed by atoms with Crippen LogP contribution in [0.25, 0.3) is 0 Å². The molecule has 0 saturated carbocycles. The largest absolute Gasteiger partial charge is 0.389 e. The summed E-state index contributed by atoms with van der Waals surface area (Å²) in [7, 11) is 1.61. The molecule has 1 rings (SSSR count). The van der Waals surface area contributed by atoms with E-state index in [9.17, 15) is 0 Å². The summed E-state index contributed by atoms with van der Waals surface area (Å²) in [5.74, 6) is 0. The molecule has 1 aliphatic rings. The molecule has 2 N–H and O–H groups in total. The first-order valence-electron chi connectivity index (χ1n) is 2.76. The standard InChI is InChI=1S/C5H11NO2/c1-8-5-3-6-2-4(5)7/h4-7H,2-3H2,1H3/t4-,5+/m1/s1. The lowest BCUT2D eigenvalue weighted by Gasteiger charge is -2.08. The molecule has 48 valence electrons. The Hall–Kier alpha value is -0.120. The van der Waals surface area contributed by atoms with Gasteiger partial charge in [-0.2, -0.15) is 0 Å². The average Bonchev–Trinajstić information content (AvgIpc) is 2.14. The molecule has 0 radical (unpaired) electrons. The number of hydrogen-bond acceptors (Lipinski definition) is 3. The summed E-state index contributed by atoms with van der Waals surface area (Å²) in [6.07, 6.45) is -0.296. The highest BCUT2D eigenvalue weighted by Gasteiger charge is 2.23. The molecule has 0 unspecified atom stereocenters. The second-order valence-corrected chi connectivity index (χ2v) is 2.00. The summed E-state index contributed by atoms with van der Waals surface area (Å²) in [4.78, 5) is 0. The fourth-order valence-corrected chi connectivity index (χ4v) is 0.881. The lowest BCUT2D eigenvalue weighted by molar-refractivity contribution is 0.0217. The van der Waals surface area contributed by atoms with Gasteiger partial charge in [-0.05, 0) is 0 Å². The van der Waals surface area contributed by atoms with E-state index in [1.807, 2.05) is 0 Å². The van der Waals surface area contributed by atoms with E-state index in [0.717, 1.165) is 6.54 Å². The van der Waals surface area contributed by atoms with Gasteiger partial charge in [0.2, 0.25) is 0 Å². The van der Waals surface area contributed by atoms with Crippen molar-refractivity contribution < 1.29 is 9.84 Å². The van der Waals surface area contributed by atoms with Crippen LogP contribution in [0.5, 0.6) is 0 Å². The van der Waals surface area contributed by atoms with Crippen molar-refractivity contribution in [2.45, 2.75) is 12.2 Å². The van der Waals surface area contributed by atoms with E-state index in [-0.39, 0.29) is 12.2 Å². The van der Waals surface area contributed by atoms with Crippen LogP contribution in [0.2, 0.25) is 0 Å². The monoisotopic (exact) mass is 117 g/mol. The van der Waals surface area contributed by atoms with Gasteiger partial charge >= 0.3 is 0 Å². The van der Waals surface area contributed by atoms with E-state index >= 15 is 0 Å². The van der Waals surface area contributed by atoms with Crippen molar-refractivity contribution in [3.8, 4) is 0 Å². The van der Waals surface area contributed by atoms with Crippen LogP contribution in [0.4, 0.5) is 0 Å². The van der Waals surface area contributed by atoms with Crippen molar-refractivity contribution in [1.29, 1.82) is 0 Å². The maximum atomic E-state index is 9.00. The smallest absolute Gasteiger partial charge is 0.0966 e.